The minimum absolute atomic E-state index is 0.0361. The van der Waals surface area contributed by atoms with Gasteiger partial charge < -0.3 is 19.7 Å². The average Bonchev–Trinajstić information content (AvgIpc) is 2.31. The van der Waals surface area contributed by atoms with E-state index in [-0.39, 0.29) is 13.0 Å². The predicted octanol–water partition coefficient (Wildman–Crippen LogP) is -2.04. The standard InChI is InChI=1S/C5H6BNO6/c7-2-1-3(8)11-6-12-4(9)5(10)13-6/h1-2,7H2. The minimum Gasteiger partial charge on any atom is -0.462 e. The molecule has 0 aromatic carbocycles. The molecule has 1 rings (SSSR count). The number of rotatable bonds is 3. The van der Waals surface area contributed by atoms with E-state index in [2.05, 4.69) is 14.0 Å². The van der Waals surface area contributed by atoms with Gasteiger partial charge in [-0.1, -0.05) is 0 Å². The summed E-state index contributed by atoms with van der Waals surface area (Å²) in [4.78, 5) is 31.5. The van der Waals surface area contributed by atoms with Gasteiger partial charge >= 0.3 is 19.3 Å². The van der Waals surface area contributed by atoms with Crippen LogP contribution in [0.25, 0.3) is 0 Å². The lowest BCUT2D eigenvalue weighted by Crippen LogP contribution is -2.25. The van der Waals surface area contributed by atoms with Crippen molar-refractivity contribution in [3.63, 3.8) is 0 Å². The molecule has 13 heavy (non-hydrogen) atoms. The van der Waals surface area contributed by atoms with Crippen LogP contribution in [0.3, 0.4) is 0 Å². The highest BCUT2D eigenvalue weighted by Crippen LogP contribution is 2.04. The van der Waals surface area contributed by atoms with Crippen LogP contribution in [0, 0.1) is 0 Å². The molecule has 1 fully saturated rings. The quantitative estimate of drug-likeness (QED) is 0.400. The fraction of sp³-hybridized carbons (Fsp3) is 0.400. The van der Waals surface area contributed by atoms with Crippen molar-refractivity contribution in [2.45, 2.75) is 6.42 Å². The van der Waals surface area contributed by atoms with Crippen LogP contribution < -0.4 is 5.73 Å². The first-order valence-corrected chi connectivity index (χ1v) is 3.44. The highest BCUT2D eigenvalue weighted by Gasteiger charge is 2.46. The Morgan fingerprint density at radius 2 is 1.92 bits per heavy atom. The summed E-state index contributed by atoms with van der Waals surface area (Å²) in [6, 6.07) is 0. The third-order valence-electron chi connectivity index (χ3n) is 1.15. The molecular weight excluding hydrogens is 181 g/mol. The van der Waals surface area contributed by atoms with Crippen LogP contribution in [0.15, 0.2) is 0 Å². The van der Waals surface area contributed by atoms with Gasteiger partial charge in [-0.05, 0) is 0 Å². The van der Waals surface area contributed by atoms with Crippen LogP contribution in [0.5, 0.6) is 0 Å². The Balaban J connectivity index is 2.35. The van der Waals surface area contributed by atoms with Crippen LogP contribution in [-0.2, 0) is 28.3 Å². The highest BCUT2D eigenvalue weighted by atomic mass is 16.8. The zero-order chi connectivity index (χ0) is 9.84. The van der Waals surface area contributed by atoms with E-state index in [0.29, 0.717) is 0 Å². The predicted molar refractivity (Wildman–Crippen MR) is 37.7 cm³/mol. The van der Waals surface area contributed by atoms with Gasteiger partial charge in [0.25, 0.3) is 5.97 Å². The summed E-state index contributed by atoms with van der Waals surface area (Å²) in [6.07, 6.45) is -0.0361. The van der Waals surface area contributed by atoms with E-state index < -0.39 is 25.2 Å². The molecule has 0 aromatic heterocycles. The third kappa shape index (κ3) is 2.44. The molecule has 7 nitrogen and oxygen atoms in total. The average molecular weight is 187 g/mol. The Morgan fingerprint density at radius 3 is 2.38 bits per heavy atom. The molecule has 0 aromatic rings. The van der Waals surface area contributed by atoms with Gasteiger partial charge in [-0.15, -0.1) is 0 Å². The smallest absolute Gasteiger partial charge is 0.462 e. The van der Waals surface area contributed by atoms with Crippen molar-refractivity contribution in [3.05, 3.63) is 0 Å². The Bertz CT molecular complexity index is 237. The summed E-state index contributed by atoms with van der Waals surface area (Å²) in [5, 5.41) is 0. The summed E-state index contributed by atoms with van der Waals surface area (Å²) >= 11 is 0. The van der Waals surface area contributed by atoms with Crippen LogP contribution in [0.1, 0.15) is 6.42 Å². The Morgan fingerprint density at radius 1 is 1.38 bits per heavy atom. The summed E-state index contributed by atoms with van der Waals surface area (Å²) < 4.78 is 12.8. The highest BCUT2D eigenvalue weighted by molar-refractivity contribution is 6.56. The third-order valence-corrected chi connectivity index (χ3v) is 1.15. The molecule has 0 radical (unpaired) electrons. The topological polar surface area (TPSA) is 105 Å². The SMILES string of the molecule is NCCC(=O)OB1OC(=O)C(=O)O1. The van der Waals surface area contributed by atoms with Crippen LogP contribution in [-0.4, -0.2) is 31.8 Å². The zero-order valence-corrected chi connectivity index (χ0v) is 6.52. The molecule has 0 spiro atoms. The maximum Gasteiger partial charge on any atom is 0.870 e. The van der Waals surface area contributed by atoms with Crippen molar-refractivity contribution in [1.29, 1.82) is 0 Å². The number of carbonyl (C=O) groups excluding carboxylic acids is 3. The van der Waals surface area contributed by atoms with E-state index >= 15 is 0 Å². The molecule has 0 amide bonds. The molecule has 2 N–H and O–H groups in total. The molecule has 8 heteroatoms. The molecule has 1 saturated heterocycles. The molecule has 0 atom stereocenters. The van der Waals surface area contributed by atoms with Crippen molar-refractivity contribution in [3.8, 4) is 0 Å². The Labute approximate surface area is 73.3 Å². The molecule has 70 valence electrons. The van der Waals surface area contributed by atoms with E-state index in [1.54, 1.807) is 0 Å². The van der Waals surface area contributed by atoms with Gasteiger partial charge in [-0.25, -0.2) is 9.59 Å². The largest absolute Gasteiger partial charge is 0.870 e. The van der Waals surface area contributed by atoms with Crippen LogP contribution >= 0.6 is 0 Å². The molecule has 1 heterocycles. The van der Waals surface area contributed by atoms with Gasteiger partial charge in [0.1, 0.15) is 0 Å². The monoisotopic (exact) mass is 187 g/mol. The number of hydrogen-bond acceptors (Lipinski definition) is 7. The fourth-order valence-electron chi connectivity index (χ4n) is 0.627. The van der Waals surface area contributed by atoms with E-state index in [0.717, 1.165) is 0 Å². The number of nitrogens with two attached hydrogens (primary N) is 1. The van der Waals surface area contributed by atoms with E-state index in [1.807, 2.05) is 0 Å². The van der Waals surface area contributed by atoms with Gasteiger partial charge in [0, 0.05) is 6.54 Å². The maximum atomic E-state index is 10.7. The molecule has 0 unspecified atom stereocenters. The van der Waals surface area contributed by atoms with E-state index in [4.69, 9.17) is 5.73 Å². The summed E-state index contributed by atoms with van der Waals surface area (Å²) in [7, 11) is -1.56. The van der Waals surface area contributed by atoms with Crippen molar-refractivity contribution < 1.29 is 28.3 Å². The second kappa shape index (κ2) is 3.90. The van der Waals surface area contributed by atoms with Crippen molar-refractivity contribution in [2.75, 3.05) is 6.54 Å². The first-order chi connectivity index (χ1) is 6.13. The summed E-state index contributed by atoms with van der Waals surface area (Å²) in [5.41, 5.74) is 5.04. The summed E-state index contributed by atoms with van der Waals surface area (Å²) in [5.74, 6) is -3.05. The van der Waals surface area contributed by atoms with Crippen LogP contribution in [0.2, 0.25) is 0 Å². The first-order valence-electron chi connectivity index (χ1n) is 3.44. The molecular formula is C5H6BNO6. The molecule has 0 saturated carbocycles. The molecule has 1 aliphatic heterocycles. The Kier molecular flexibility index (Phi) is 2.86. The second-order valence-electron chi connectivity index (χ2n) is 2.13. The van der Waals surface area contributed by atoms with Crippen molar-refractivity contribution >= 4 is 25.2 Å². The fourth-order valence-corrected chi connectivity index (χ4v) is 0.627. The van der Waals surface area contributed by atoms with Gasteiger partial charge in [0.05, 0.1) is 6.42 Å². The normalized spacial score (nSPS) is 15.3. The lowest BCUT2D eigenvalue weighted by atomic mass is 10.2. The Hall–Kier alpha value is -1.57. The van der Waals surface area contributed by atoms with E-state index in [9.17, 15) is 14.4 Å². The number of carbonyl (C=O) groups is 3. The van der Waals surface area contributed by atoms with Crippen LogP contribution in [0.4, 0.5) is 0 Å². The first kappa shape index (κ1) is 9.52. The maximum absolute atomic E-state index is 10.7. The van der Waals surface area contributed by atoms with Gasteiger partial charge in [-0.3, -0.25) is 4.79 Å². The lowest BCUT2D eigenvalue weighted by molar-refractivity contribution is -0.150. The van der Waals surface area contributed by atoms with E-state index in [1.165, 1.54) is 0 Å². The second-order valence-corrected chi connectivity index (χ2v) is 2.13. The van der Waals surface area contributed by atoms with Gasteiger partial charge in [0.2, 0.25) is 0 Å². The molecule has 0 bridgehead atoms. The zero-order valence-electron chi connectivity index (χ0n) is 6.52. The molecule has 1 aliphatic rings. The number of hydrogen-bond donors (Lipinski definition) is 1. The lowest BCUT2D eigenvalue weighted by Gasteiger charge is -2.01. The van der Waals surface area contributed by atoms with Crippen molar-refractivity contribution in [2.24, 2.45) is 5.73 Å². The summed E-state index contributed by atoms with van der Waals surface area (Å²) in [6.45, 7) is 0.105. The minimum atomic E-state index is -1.56. The van der Waals surface area contributed by atoms with Crippen molar-refractivity contribution in [1.82, 2.24) is 0 Å². The molecule has 0 aliphatic carbocycles. The van der Waals surface area contributed by atoms with Gasteiger partial charge in [-0.2, -0.15) is 0 Å². The van der Waals surface area contributed by atoms with Gasteiger partial charge in [0.15, 0.2) is 0 Å².